The number of likely N-dealkylation sites (tertiary alicyclic amines) is 1. The Kier molecular flexibility index (Phi) is 3.61. The zero-order valence-electron chi connectivity index (χ0n) is 11.8. The third-order valence-corrected chi connectivity index (χ3v) is 4.74. The Hall–Kier alpha value is -1.28. The molecular weight excluding hydrogens is 234 g/mol. The van der Waals surface area contributed by atoms with E-state index in [9.17, 15) is 0 Å². The van der Waals surface area contributed by atoms with Crippen LogP contribution in [-0.2, 0) is 6.42 Å². The number of methoxy groups -OCH3 is 1. The summed E-state index contributed by atoms with van der Waals surface area (Å²) in [5, 5.41) is 0. The van der Waals surface area contributed by atoms with Crippen LogP contribution in [0.1, 0.15) is 36.3 Å². The molecule has 102 valence electrons. The predicted molar refractivity (Wildman–Crippen MR) is 78.8 cm³/mol. The van der Waals surface area contributed by atoms with E-state index in [0.29, 0.717) is 12.0 Å². The van der Waals surface area contributed by atoms with E-state index < -0.39 is 0 Å². The topological polar surface area (TPSA) is 12.5 Å². The molecule has 0 spiro atoms. The first-order valence-electron chi connectivity index (χ1n) is 7.36. The van der Waals surface area contributed by atoms with Crippen LogP contribution in [0.3, 0.4) is 0 Å². The summed E-state index contributed by atoms with van der Waals surface area (Å²) in [7, 11) is 1.78. The molecule has 1 aromatic carbocycles. The number of hydrogen-bond acceptors (Lipinski definition) is 2. The van der Waals surface area contributed by atoms with Crippen LogP contribution in [0, 0.1) is 0 Å². The minimum Gasteiger partial charge on any atom is -0.496 e. The van der Waals surface area contributed by atoms with Crippen molar-refractivity contribution in [1.29, 1.82) is 0 Å². The van der Waals surface area contributed by atoms with E-state index in [-0.39, 0.29) is 0 Å². The second kappa shape index (κ2) is 5.38. The minimum atomic E-state index is 0.688. The number of fused-ring (bicyclic) bond motifs is 3. The molecule has 0 radical (unpaired) electrons. The van der Waals surface area contributed by atoms with Crippen molar-refractivity contribution in [3.8, 4) is 5.75 Å². The van der Waals surface area contributed by atoms with Gasteiger partial charge >= 0.3 is 0 Å². The van der Waals surface area contributed by atoms with Crippen molar-refractivity contribution in [2.75, 3.05) is 20.2 Å². The van der Waals surface area contributed by atoms with Gasteiger partial charge in [0.1, 0.15) is 5.75 Å². The van der Waals surface area contributed by atoms with Crippen molar-refractivity contribution in [1.82, 2.24) is 4.90 Å². The minimum absolute atomic E-state index is 0.688. The molecule has 19 heavy (non-hydrogen) atoms. The van der Waals surface area contributed by atoms with Gasteiger partial charge in [-0.3, -0.25) is 4.90 Å². The number of rotatable bonds is 3. The maximum absolute atomic E-state index is 5.54. The van der Waals surface area contributed by atoms with Gasteiger partial charge in [-0.25, -0.2) is 0 Å². The summed E-state index contributed by atoms with van der Waals surface area (Å²) in [6, 6.07) is 7.26. The number of benzene rings is 1. The molecule has 0 amide bonds. The average Bonchev–Trinajstić information content (AvgIpc) is 2.47. The Morgan fingerprint density at radius 1 is 1.42 bits per heavy atom. The number of ether oxygens (including phenoxy) is 1. The van der Waals surface area contributed by atoms with Crippen molar-refractivity contribution in [2.45, 2.75) is 37.6 Å². The van der Waals surface area contributed by atoms with E-state index in [1.54, 1.807) is 7.11 Å². The predicted octanol–water partition coefficient (Wildman–Crippen LogP) is 3.38. The molecule has 2 nitrogen and oxygen atoms in total. The van der Waals surface area contributed by atoms with Gasteiger partial charge in [-0.1, -0.05) is 18.2 Å². The summed E-state index contributed by atoms with van der Waals surface area (Å²) in [5.41, 5.74) is 2.98. The summed E-state index contributed by atoms with van der Waals surface area (Å²) < 4.78 is 5.54. The lowest BCUT2D eigenvalue weighted by atomic mass is 9.74. The molecular formula is C17H23NO. The normalized spacial score (nSPS) is 26.4. The second-order valence-corrected chi connectivity index (χ2v) is 5.67. The third-order valence-electron chi connectivity index (χ3n) is 4.74. The fourth-order valence-corrected chi connectivity index (χ4v) is 3.95. The van der Waals surface area contributed by atoms with Crippen molar-refractivity contribution >= 4 is 0 Å². The largest absolute Gasteiger partial charge is 0.496 e. The molecule has 1 aliphatic heterocycles. The average molecular weight is 257 g/mol. The van der Waals surface area contributed by atoms with Gasteiger partial charge in [-0.05, 0) is 55.3 Å². The number of hydrogen-bond donors (Lipinski definition) is 0. The summed E-state index contributed by atoms with van der Waals surface area (Å²) in [6.45, 7) is 6.16. The molecule has 3 rings (SSSR count). The number of piperidine rings is 1. The van der Waals surface area contributed by atoms with Gasteiger partial charge in [0.25, 0.3) is 0 Å². The van der Waals surface area contributed by atoms with E-state index >= 15 is 0 Å². The van der Waals surface area contributed by atoms with Gasteiger partial charge in [0, 0.05) is 12.6 Å². The van der Waals surface area contributed by atoms with Crippen LogP contribution in [0.25, 0.3) is 0 Å². The first-order valence-corrected chi connectivity index (χ1v) is 7.36. The van der Waals surface area contributed by atoms with Gasteiger partial charge in [0.2, 0.25) is 0 Å². The monoisotopic (exact) mass is 257 g/mol. The Bertz CT molecular complexity index is 468. The molecule has 0 saturated carbocycles. The van der Waals surface area contributed by atoms with E-state index in [4.69, 9.17) is 4.74 Å². The zero-order chi connectivity index (χ0) is 13.2. The summed E-state index contributed by atoms with van der Waals surface area (Å²) in [5.74, 6) is 1.77. The highest BCUT2D eigenvalue weighted by molar-refractivity contribution is 5.45. The lowest BCUT2D eigenvalue weighted by Gasteiger charge is -2.44. The lowest BCUT2D eigenvalue weighted by molar-refractivity contribution is 0.126. The third kappa shape index (κ3) is 2.18. The first kappa shape index (κ1) is 12.7. The highest BCUT2D eigenvalue weighted by Gasteiger charge is 2.36. The van der Waals surface area contributed by atoms with Crippen LogP contribution in [0.2, 0.25) is 0 Å². The van der Waals surface area contributed by atoms with Gasteiger partial charge in [-0.2, -0.15) is 0 Å². The standard InChI is InChI=1S/C17H23NO/c1-3-11-18-12-5-7-14-13-6-4-8-17(19-2)15(13)9-10-16(14)18/h3-4,6,8,14,16H,1,5,7,9-12H2,2H3/t14-,16-/m1/s1. The van der Waals surface area contributed by atoms with Crippen LogP contribution in [-0.4, -0.2) is 31.1 Å². The molecule has 2 aliphatic rings. The zero-order valence-corrected chi connectivity index (χ0v) is 11.8. The molecule has 0 aromatic heterocycles. The maximum atomic E-state index is 5.54. The molecule has 0 N–H and O–H groups in total. The van der Waals surface area contributed by atoms with E-state index in [0.717, 1.165) is 18.7 Å². The molecule has 2 atom stereocenters. The van der Waals surface area contributed by atoms with Gasteiger partial charge in [-0.15, -0.1) is 6.58 Å². The summed E-state index contributed by atoms with van der Waals surface area (Å²) in [4.78, 5) is 2.61. The molecule has 1 fully saturated rings. The fraction of sp³-hybridized carbons (Fsp3) is 0.529. The first-order chi connectivity index (χ1) is 9.35. The van der Waals surface area contributed by atoms with Crippen LogP contribution >= 0.6 is 0 Å². The van der Waals surface area contributed by atoms with Gasteiger partial charge in [0.15, 0.2) is 0 Å². The van der Waals surface area contributed by atoms with E-state index in [1.807, 2.05) is 6.08 Å². The molecule has 1 aliphatic carbocycles. The molecule has 0 bridgehead atoms. The Balaban J connectivity index is 1.94. The smallest absolute Gasteiger partial charge is 0.122 e. The van der Waals surface area contributed by atoms with Crippen LogP contribution in [0.5, 0.6) is 5.75 Å². The highest BCUT2D eigenvalue weighted by Crippen LogP contribution is 2.43. The van der Waals surface area contributed by atoms with Gasteiger partial charge in [0.05, 0.1) is 7.11 Å². The number of nitrogens with zero attached hydrogens (tertiary/aromatic N) is 1. The van der Waals surface area contributed by atoms with Crippen LogP contribution in [0.15, 0.2) is 30.9 Å². The molecule has 1 saturated heterocycles. The Morgan fingerprint density at radius 3 is 3.11 bits per heavy atom. The van der Waals surface area contributed by atoms with E-state index in [2.05, 4.69) is 29.7 Å². The van der Waals surface area contributed by atoms with Crippen molar-refractivity contribution < 1.29 is 4.74 Å². The summed E-state index contributed by atoms with van der Waals surface area (Å²) in [6.07, 6.45) is 7.06. The van der Waals surface area contributed by atoms with Crippen molar-refractivity contribution in [3.63, 3.8) is 0 Å². The van der Waals surface area contributed by atoms with Crippen LogP contribution < -0.4 is 4.74 Å². The lowest BCUT2D eigenvalue weighted by Crippen LogP contribution is -2.46. The van der Waals surface area contributed by atoms with Crippen molar-refractivity contribution in [2.24, 2.45) is 0 Å². The molecule has 1 aromatic rings. The SMILES string of the molecule is C=CCN1CCC[C@@H]2c3cccc(OC)c3CC[C@H]21. The molecule has 1 heterocycles. The highest BCUT2D eigenvalue weighted by atomic mass is 16.5. The van der Waals surface area contributed by atoms with Crippen molar-refractivity contribution in [3.05, 3.63) is 42.0 Å². The van der Waals surface area contributed by atoms with E-state index in [1.165, 1.54) is 36.9 Å². The Labute approximate surface area is 116 Å². The second-order valence-electron chi connectivity index (χ2n) is 5.67. The quantitative estimate of drug-likeness (QED) is 0.770. The Morgan fingerprint density at radius 2 is 2.32 bits per heavy atom. The maximum Gasteiger partial charge on any atom is 0.122 e. The fourth-order valence-electron chi connectivity index (χ4n) is 3.95. The van der Waals surface area contributed by atoms with Crippen LogP contribution in [0.4, 0.5) is 0 Å². The molecule has 2 heteroatoms. The summed E-state index contributed by atoms with van der Waals surface area (Å²) >= 11 is 0. The molecule has 0 unspecified atom stereocenters. The van der Waals surface area contributed by atoms with Gasteiger partial charge < -0.3 is 4.74 Å².